The van der Waals surface area contributed by atoms with E-state index in [2.05, 4.69) is 15.5 Å². The number of amides is 1. The van der Waals surface area contributed by atoms with Gasteiger partial charge in [-0.25, -0.2) is 4.98 Å². The van der Waals surface area contributed by atoms with Crippen molar-refractivity contribution in [2.75, 3.05) is 6.54 Å². The zero-order valence-electron chi connectivity index (χ0n) is 13.3. The van der Waals surface area contributed by atoms with E-state index in [-0.39, 0.29) is 5.91 Å². The summed E-state index contributed by atoms with van der Waals surface area (Å²) in [5, 5.41) is 7.01. The summed E-state index contributed by atoms with van der Waals surface area (Å²) in [4.78, 5) is 22.0. The number of nitrogens with zero attached hydrogens (tertiary/aromatic N) is 3. The molecule has 1 unspecified atom stereocenters. The molecule has 23 heavy (non-hydrogen) atoms. The molecule has 0 fully saturated rings. The molecule has 0 saturated heterocycles. The molecule has 1 N–H and O–H groups in total. The summed E-state index contributed by atoms with van der Waals surface area (Å²) in [5.41, 5.74) is 0.835. The van der Waals surface area contributed by atoms with Gasteiger partial charge in [0, 0.05) is 31.9 Å². The van der Waals surface area contributed by atoms with E-state index in [1.807, 2.05) is 48.0 Å². The molecule has 1 amide bonds. The highest BCUT2D eigenvalue weighted by molar-refractivity contribution is 6.05. The van der Waals surface area contributed by atoms with Crippen molar-refractivity contribution in [1.82, 2.24) is 14.9 Å². The number of carbonyl (C=O) groups is 1. The number of hydrogen-bond donors (Lipinski definition) is 1. The number of rotatable bonds is 5. The van der Waals surface area contributed by atoms with Gasteiger partial charge in [0.05, 0.1) is 5.71 Å². The van der Waals surface area contributed by atoms with E-state index < -0.39 is 5.60 Å². The third-order valence-electron chi connectivity index (χ3n) is 4.01. The Kier molecular flexibility index (Phi) is 4.14. The summed E-state index contributed by atoms with van der Waals surface area (Å²) >= 11 is 0. The maximum Gasteiger partial charge on any atom is 0.267 e. The molecular formula is C17H20N4O2. The standard InChI is InChI=1S/C17H20N4O2/c1-13-18-8-10-21(13)11-9-19-16(22)17(2)12-15(20-23-17)14-6-4-3-5-7-14/h3-8,10H,9,11-12H2,1-2H3,(H,19,22). The normalized spacial score (nSPS) is 20.0. The van der Waals surface area contributed by atoms with E-state index in [1.54, 1.807) is 13.1 Å². The molecule has 2 aromatic rings. The Morgan fingerprint density at radius 3 is 2.87 bits per heavy atom. The van der Waals surface area contributed by atoms with Gasteiger partial charge in [-0.05, 0) is 19.4 Å². The van der Waals surface area contributed by atoms with Gasteiger partial charge < -0.3 is 14.7 Å². The maximum atomic E-state index is 12.4. The highest BCUT2D eigenvalue weighted by Crippen LogP contribution is 2.26. The van der Waals surface area contributed by atoms with Gasteiger partial charge in [0.25, 0.3) is 5.91 Å². The first-order valence-electron chi connectivity index (χ1n) is 7.65. The number of oxime groups is 1. The van der Waals surface area contributed by atoms with Crippen LogP contribution in [0.4, 0.5) is 0 Å². The molecule has 0 spiro atoms. The Hall–Kier alpha value is -2.63. The summed E-state index contributed by atoms with van der Waals surface area (Å²) in [6, 6.07) is 9.77. The molecule has 6 heteroatoms. The highest BCUT2D eigenvalue weighted by Gasteiger charge is 2.41. The first kappa shape index (κ1) is 15.3. The Bertz CT molecular complexity index is 723. The Morgan fingerprint density at radius 2 is 2.17 bits per heavy atom. The van der Waals surface area contributed by atoms with Crippen LogP contribution in [0.1, 0.15) is 24.7 Å². The van der Waals surface area contributed by atoms with Crippen molar-refractivity contribution in [3.05, 3.63) is 54.1 Å². The molecule has 1 aliphatic rings. The number of aryl methyl sites for hydroxylation is 1. The van der Waals surface area contributed by atoms with Crippen molar-refractivity contribution in [1.29, 1.82) is 0 Å². The summed E-state index contributed by atoms with van der Waals surface area (Å²) in [5.74, 6) is 0.780. The van der Waals surface area contributed by atoms with Gasteiger partial charge in [0.2, 0.25) is 5.60 Å². The summed E-state index contributed by atoms with van der Waals surface area (Å²) in [7, 11) is 0. The van der Waals surface area contributed by atoms with E-state index in [1.165, 1.54) is 0 Å². The third kappa shape index (κ3) is 3.26. The predicted octanol–water partition coefficient (Wildman–Crippen LogP) is 1.89. The van der Waals surface area contributed by atoms with Gasteiger partial charge in [0.15, 0.2) is 0 Å². The lowest BCUT2D eigenvalue weighted by Gasteiger charge is -2.20. The number of imidazole rings is 1. The van der Waals surface area contributed by atoms with Gasteiger partial charge in [-0.1, -0.05) is 35.5 Å². The van der Waals surface area contributed by atoms with Gasteiger partial charge in [-0.3, -0.25) is 4.79 Å². The van der Waals surface area contributed by atoms with Crippen LogP contribution in [0, 0.1) is 6.92 Å². The molecule has 1 aromatic heterocycles. The van der Waals surface area contributed by atoms with Crippen LogP contribution in [0.2, 0.25) is 0 Å². The molecule has 2 heterocycles. The van der Waals surface area contributed by atoms with Crippen molar-refractivity contribution in [2.24, 2.45) is 5.16 Å². The first-order chi connectivity index (χ1) is 11.1. The van der Waals surface area contributed by atoms with Crippen LogP contribution >= 0.6 is 0 Å². The minimum atomic E-state index is -0.949. The van der Waals surface area contributed by atoms with Gasteiger partial charge in [-0.2, -0.15) is 0 Å². The average molecular weight is 312 g/mol. The fraction of sp³-hybridized carbons (Fsp3) is 0.353. The number of aromatic nitrogens is 2. The topological polar surface area (TPSA) is 68.5 Å². The van der Waals surface area contributed by atoms with Gasteiger partial charge in [0.1, 0.15) is 5.82 Å². The minimum absolute atomic E-state index is 0.148. The van der Waals surface area contributed by atoms with Gasteiger partial charge >= 0.3 is 0 Å². The second-order valence-electron chi connectivity index (χ2n) is 5.83. The second kappa shape index (κ2) is 6.24. The SMILES string of the molecule is Cc1nccn1CCNC(=O)C1(C)CC(c2ccccc2)=NO1. The van der Waals surface area contributed by atoms with Crippen LogP contribution < -0.4 is 5.32 Å². The van der Waals surface area contributed by atoms with Crippen LogP contribution in [-0.4, -0.2) is 33.3 Å². The molecular weight excluding hydrogens is 292 g/mol. The Morgan fingerprint density at radius 1 is 1.39 bits per heavy atom. The lowest BCUT2D eigenvalue weighted by Crippen LogP contribution is -2.45. The van der Waals surface area contributed by atoms with E-state index in [4.69, 9.17) is 4.84 Å². The van der Waals surface area contributed by atoms with Crippen LogP contribution in [0.3, 0.4) is 0 Å². The van der Waals surface area contributed by atoms with Crippen molar-refractivity contribution in [2.45, 2.75) is 32.4 Å². The molecule has 6 nitrogen and oxygen atoms in total. The summed E-state index contributed by atoms with van der Waals surface area (Å²) < 4.78 is 1.99. The quantitative estimate of drug-likeness (QED) is 0.916. The average Bonchev–Trinajstić information content (AvgIpc) is 3.16. The van der Waals surface area contributed by atoms with E-state index in [9.17, 15) is 4.79 Å². The molecule has 1 aromatic carbocycles. The molecule has 0 aliphatic carbocycles. The van der Waals surface area contributed by atoms with Crippen molar-refractivity contribution < 1.29 is 9.63 Å². The molecule has 0 radical (unpaired) electrons. The number of carbonyl (C=O) groups excluding carboxylic acids is 1. The minimum Gasteiger partial charge on any atom is -0.379 e. The molecule has 1 aliphatic heterocycles. The monoisotopic (exact) mass is 312 g/mol. The Labute approximate surface area is 135 Å². The molecule has 3 rings (SSSR count). The first-order valence-corrected chi connectivity index (χ1v) is 7.65. The van der Waals surface area contributed by atoms with Gasteiger partial charge in [-0.15, -0.1) is 0 Å². The van der Waals surface area contributed by atoms with E-state index in [0.29, 0.717) is 19.5 Å². The summed E-state index contributed by atoms with van der Waals surface area (Å²) in [6.45, 7) is 4.91. The largest absolute Gasteiger partial charge is 0.379 e. The third-order valence-corrected chi connectivity index (χ3v) is 4.01. The lowest BCUT2D eigenvalue weighted by atomic mass is 9.95. The maximum absolute atomic E-state index is 12.4. The predicted molar refractivity (Wildman–Crippen MR) is 87.1 cm³/mol. The fourth-order valence-electron chi connectivity index (χ4n) is 2.56. The summed E-state index contributed by atoms with van der Waals surface area (Å²) in [6.07, 6.45) is 4.11. The van der Waals surface area contributed by atoms with Crippen LogP contribution in [0.25, 0.3) is 0 Å². The molecule has 0 saturated carbocycles. The van der Waals surface area contributed by atoms with Crippen molar-refractivity contribution >= 4 is 11.6 Å². The number of hydrogen-bond acceptors (Lipinski definition) is 4. The van der Waals surface area contributed by atoms with Crippen molar-refractivity contribution in [3.8, 4) is 0 Å². The van der Waals surface area contributed by atoms with Crippen LogP contribution in [0.5, 0.6) is 0 Å². The lowest BCUT2D eigenvalue weighted by molar-refractivity contribution is -0.141. The number of benzene rings is 1. The second-order valence-corrected chi connectivity index (χ2v) is 5.83. The number of nitrogens with one attached hydrogen (secondary N) is 1. The molecule has 1 atom stereocenters. The van der Waals surface area contributed by atoms with Crippen LogP contribution in [-0.2, 0) is 16.2 Å². The van der Waals surface area contributed by atoms with E-state index >= 15 is 0 Å². The highest BCUT2D eigenvalue weighted by atomic mass is 16.7. The smallest absolute Gasteiger partial charge is 0.267 e. The molecule has 120 valence electrons. The zero-order valence-corrected chi connectivity index (χ0v) is 13.3. The van der Waals surface area contributed by atoms with Crippen LogP contribution in [0.15, 0.2) is 47.9 Å². The van der Waals surface area contributed by atoms with E-state index in [0.717, 1.165) is 17.1 Å². The molecule has 0 bridgehead atoms. The zero-order chi connectivity index (χ0) is 16.3. The Balaban J connectivity index is 1.55. The fourth-order valence-corrected chi connectivity index (χ4v) is 2.56. The van der Waals surface area contributed by atoms with Crippen molar-refractivity contribution in [3.63, 3.8) is 0 Å².